The molecule has 2 heterocycles. The molecule has 0 fully saturated rings. The number of rotatable bonds is 5. The van der Waals surface area contributed by atoms with Gasteiger partial charge in [0.1, 0.15) is 0 Å². The van der Waals surface area contributed by atoms with Crippen molar-refractivity contribution in [1.82, 2.24) is 15.3 Å². The van der Waals surface area contributed by atoms with Crippen molar-refractivity contribution in [2.24, 2.45) is 0 Å². The van der Waals surface area contributed by atoms with Crippen molar-refractivity contribution in [2.75, 3.05) is 11.9 Å². The van der Waals surface area contributed by atoms with Crippen LogP contribution in [0.15, 0.2) is 28.6 Å². The van der Waals surface area contributed by atoms with E-state index in [1.807, 2.05) is 6.92 Å². The molecule has 1 amide bonds. The van der Waals surface area contributed by atoms with Gasteiger partial charge in [0, 0.05) is 30.0 Å². The number of pyridine rings is 1. The van der Waals surface area contributed by atoms with E-state index < -0.39 is 0 Å². The lowest BCUT2D eigenvalue weighted by Gasteiger charge is -2.09. The van der Waals surface area contributed by atoms with Crippen molar-refractivity contribution in [3.63, 3.8) is 0 Å². The van der Waals surface area contributed by atoms with E-state index in [9.17, 15) is 9.59 Å². The zero-order chi connectivity index (χ0) is 13.7. The molecule has 0 atom stereocenters. The van der Waals surface area contributed by atoms with E-state index >= 15 is 0 Å². The molecular formula is C12H14N4O2S. The van der Waals surface area contributed by atoms with Crippen LogP contribution in [0.4, 0.5) is 5.69 Å². The van der Waals surface area contributed by atoms with Gasteiger partial charge >= 0.3 is 4.87 Å². The molecule has 7 heteroatoms. The monoisotopic (exact) mass is 278 g/mol. The number of aromatic amines is 1. The number of thiazole rings is 1. The predicted octanol–water partition coefficient (Wildman–Crippen LogP) is 1.19. The molecule has 0 aliphatic carbocycles. The molecule has 0 saturated carbocycles. The maximum Gasteiger partial charge on any atom is 0.304 e. The third kappa shape index (κ3) is 3.41. The minimum atomic E-state index is -0.226. The number of hydrogen-bond acceptors (Lipinski definition) is 5. The Morgan fingerprint density at radius 1 is 1.53 bits per heavy atom. The van der Waals surface area contributed by atoms with Gasteiger partial charge in [-0.2, -0.15) is 0 Å². The van der Waals surface area contributed by atoms with E-state index in [0.29, 0.717) is 11.3 Å². The van der Waals surface area contributed by atoms with Crippen LogP contribution in [0.3, 0.4) is 0 Å². The summed E-state index contributed by atoms with van der Waals surface area (Å²) in [6.07, 6.45) is 3.15. The highest BCUT2D eigenvalue weighted by Gasteiger charge is 2.11. The highest BCUT2D eigenvalue weighted by molar-refractivity contribution is 7.07. The third-order valence-corrected chi connectivity index (χ3v) is 3.16. The lowest BCUT2D eigenvalue weighted by molar-refractivity contribution is 0.0951. The number of hydrogen-bond donors (Lipinski definition) is 3. The van der Waals surface area contributed by atoms with Crippen LogP contribution in [0.2, 0.25) is 0 Å². The van der Waals surface area contributed by atoms with Crippen molar-refractivity contribution in [2.45, 2.75) is 13.5 Å². The molecule has 2 aromatic heterocycles. The Labute approximate surface area is 113 Å². The highest BCUT2D eigenvalue weighted by atomic mass is 32.1. The van der Waals surface area contributed by atoms with E-state index in [-0.39, 0.29) is 17.3 Å². The molecule has 3 N–H and O–H groups in total. The Morgan fingerprint density at radius 2 is 2.37 bits per heavy atom. The topological polar surface area (TPSA) is 86.9 Å². The van der Waals surface area contributed by atoms with E-state index in [4.69, 9.17) is 0 Å². The van der Waals surface area contributed by atoms with Gasteiger partial charge < -0.3 is 15.6 Å². The zero-order valence-corrected chi connectivity index (χ0v) is 11.2. The van der Waals surface area contributed by atoms with Crippen molar-refractivity contribution in [1.29, 1.82) is 0 Å². The SMILES string of the molecule is CCNc1ccncc1C(=O)NCc1csc(=O)[nH]1. The predicted molar refractivity (Wildman–Crippen MR) is 74.5 cm³/mol. The number of carbonyl (C=O) groups excluding carboxylic acids is 1. The van der Waals surface area contributed by atoms with Crippen LogP contribution in [0.5, 0.6) is 0 Å². The van der Waals surface area contributed by atoms with Gasteiger partial charge in [-0.1, -0.05) is 11.3 Å². The zero-order valence-electron chi connectivity index (χ0n) is 10.4. The van der Waals surface area contributed by atoms with Gasteiger partial charge in [-0.05, 0) is 13.0 Å². The molecule has 0 radical (unpaired) electrons. The maximum absolute atomic E-state index is 12.0. The molecule has 100 valence electrons. The second kappa shape index (κ2) is 6.14. The van der Waals surface area contributed by atoms with E-state index in [0.717, 1.165) is 23.6 Å². The first-order valence-electron chi connectivity index (χ1n) is 5.83. The number of amides is 1. The van der Waals surface area contributed by atoms with E-state index in [2.05, 4.69) is 20.6 Å². The number of aromatic nitrogens is 2. The summed E-state index contributed by atoms with van der Waals surface area (Å²) < 4.78 is 0. The normalized spacial score (nSPS) is 10.2. The fourth-order valence-corrected chi connectivity index (χ4v) is 2.17. The van der Waals surface area contributed by atoms with Gasteiger partial charge in [-0.3, -0.25) is 14.6 Å². The first-order chi connectivity index (χ1) is 9.20. The molecule has 0 saturated heterocycles. The van der Waals surface area contributed by atoms with Crippen LogP contribution in [0.25, 0.3) is 0 Å². The summed E-state index contributed by atoms with van der Waals surface area (Å²) in [5.74, 6) is -0.226. The average molecular weight is 278 g/mol. The molecule has 19 heavy (non-hydrogen) atoms. The Kier molecular flexibility index (Phi) is 4.30. The van der Waals surface area contributed by atoms with Crippen LogP contribution in [0.1, 0.15) is 23.0 Å². The molecular weight excluding hydrogens is 264 g/mol. The fourth-order valence-electron chi connectivity index (χ4n) is 1.59. The van der Waals surface area contributed by atoms with E-state index in [1.165, 1.54) is 6.20 Å². The van der Waals surface area contributed by atoms with Crippen molar-refractivity contribution in [3.05, 3.63) is 44.8 Å². The van der Waals surface area contributed by atoms with Gasteiger partial charge in [0.2, 0.25) is 0 Å². The minimum Gasteiger partial charge on any atom is -0.385 e. The van der Waals surface area contributed by atoms with Crippen LogP contribution < -0.4 is 15.5 Å². The van der Waals surface area contributed by atoms with Crippen LogP contribution >= 0.6 is 11.3 Å². The largest absolute Gasteiger partial charge is 0.385 e. The van der Waals surface area contributed by atoms with E-state index in [1.54, 1.807) is 17.6 Å². The third-order valence-electron chi connectivity index (χ3n) is 2.44. The first-order valence-corrected chi connectivity index (χ1v) is 6.71. The van der Waals surface area contributed by atoms with Crippen LogP contribution in [-0.4, -0.2) is 22.4 Å². The van der Waals surface area contributed by atoms with Gasteiger partial charge in [-0.15, -0.1) is 0 Å². The average Bonchev–Trinajstić information content (AvgIpc) is 2.83. The molecule has 0 aliphatic rings. The molecule has 0 spiro atoms. The maximum atomic E-state index is 12.0. The van der Waals surface area contributed by atoms with Gasteiger partial charge in [0.25, 0.3) is 5.91 Å². The molecule has 0 unspecified atom stereocenters. The van der Waals surface area contributed by atoms with Crippen molar-refractivity contribution in [3.8, 4) is 0 Å². The van der Waals surface area contributed by atoms with Crippen molar-refractivity contribution >= 4 is 22.9 Å². The summed E-state index contributed by atoms with van der Waals surface area (Å²) in [5.41, 5.74) is 1.92. The first kappa shape index (κ1) is 13.3. The molecule has 2 aromatic rings. The fraction of sp³-hybridized carbons (Fsp3) is 0.250. The second-order valence-electron chi connectivity index (χ2n) is 3.81. The summed E-state index contributed by atoms with van der Waals surface area (Å²) in [5, 5.41) is 7.54. The van der Waals surface area contributed by atoms with Crippen LogP contribution in [-0.2, 0) is 6.54 Å². The van der Waals surface area contributed by atoms with Gasteiger partial charge in [0.05, 0.1) is 17.8 Å². The molecule has 0 aromatic carbocycles. The molecule has 2 rings (SSSR count). The van der Waals surface area contributed by atoms with Gasteiger partial charge in [0.15, 0.2) is 0 Å². The Hall–Kier alpha value is -2.15. The number of H-pyrrole nitrogens is 1. The van der Waals surface area contributed by atoms with Crippen LogP contribution in [0, 0.1) is 0 Å². The number of anilines is 1. The second-order valence-corrected chi connectivity index (χ2v) is 4.65. The molecule has 6 nitrogen and oxygen atoms in total. The number of nitrogens with one attached hydrogen (secondary N) is 3. The lowest BCUT2D eigenvalue weighted by Crippen LogP contribution is -2.24. The summed E-state index contributed by atoms with van der Waals surface area (Å²) in [4.78, 5) is 29.5. The lowest BCUT2D eigenvalue weighted by atomic mass is 10.2. The number of carbonyl (C=O) groups is 1. The summed E-state index contributed by atoms with van der Waals surface area (Å²) in [6, 6.07) is 1.75. The van der Waals surface area contributed by atoms with Crippen molar-refractivity contribution < 1.29 is 4.79 Å². The highest BCUT2D eigenvalue weighted by Crippen LogP contribution is 2.13. The Morgan fingerprint density at radius 3 is 3.05 bits per heavy atom. The Bertz CT molecular complexity index is 620. The Balaban J connectivity index is 2.05. The van der Waals surface area contributed by atoms with Gasteiger partial charge in [-0.25, -0.2) is 0 Å². The minimum absolute atomic E-state index is 0.126. The quantitative estimate of drug-likeness (QED) is 0.767. The standard InChI is InChI=1S/C12H14N4O2S/c1-2-14-10-3-4-13-6-9(10)11(17)15-5-8-7-19-12(18)16-8/h3-4,6-7H,2,5H2,1H3,(H,13,14)(H,15,17)(H,16,18). The molecule has 0 bridgehead atoms. The summed E-state index contributed by atoms with van der Waals surface area (Å²) >= 11 is 1.08. The summed E-state index contributed by atoms with van der Waals surface area (Å²) in [6.45, 7) is 2.97. The smallest absolute Gasteiger partial charge is 0.304 e. The number of nitrogens with zero attached hydrogens (tertiary/aromatic N) is 1. The molecule has 0 aliphatic heterocycles. The summed E-state index contributed by atoms with van der Waals surface area (Å²) in [7, 11) is 0.